The highest BCUT2D eigenvalue weighted by atomic mass is 16.3. The summed E-state index contributed by atoms with van der Waals surface area (Å²) in [5, 5.41) is 18.0. The molecule has 1 rings (SSSR count). The quantitative estimate of drug-likeness (QED) is 0.529. The van der Waals surface area contributed by atoms with Crippen LogP contribution in [0.25, 0.3) is 0 Å². The minimum Gasteiger partial charge on any atom is -0.504 e. The summed E-state index contributed by atoms with van der Waals surface area (Å²) in [6.07, 6.45) is 0. The Bertz CT molecular complexity index is 258. The smallest absolute Gasteiger partial charge is 0.157 e. The fraction of sp³-hybridized carbons (Fsp3) is 0.250. The van der Waals surface area contributed by atoms with Gasteiger partial charge in [0.15, 0.2) is 11.5 Å². The van der Waals surface area contributed by atoms with E-state index in [9.17, 15) is 0 Å². The third-order valence-electron chi connectivity index (χ3n) is 1.53. The van der Waals surface area contributed by atoms with Crippen LogP contribution in [0.4, 0.5) is 0 Å². The second kappa shape index (κ2) is 2.80. The second-order valence-electron chi connectivity index (χ2n) is 2.54. The Morgan fingerprint density at radius 3 is 2.36 bits per heavy atom. The third kappa shape index (κ3) is 1.62. The van der Waals surface area contributed by atoms with E-state index < -0.39 is 0 Å². The monoisotopic (exact) mass is 153 g/mol. The SMILES string of the molecule is C[C@H](N)c1ccc(O)c(O)c1. The lowest BCUT2D eigenvalue weighted by Crippen LogP contribution is -2.04. The van der Waals surface area contributed by atoms with Crippen LogP contribution in [0.2, 0.25) is 0 Å². The molecule has 0 aliphatic rings. The van der Waals surface area contributed by atoms with E-state index in [1.54, 1.807) is 6.07 Å². The Hall–Kier alpha value is -1.22. The number of aromatic hydroxyl groups is 2. The van der Waals surface area contributed by atoms with E-state index in [0.717, 1.165) is 5.56 Å². The van der Waals surface area contributed by atoms with Crippen molar-refractivity contribution in [3.63, 3.8) is 0 Å². The van der Waals surface area contributed by atoms with Crippen molar-refractivity contribution < 1.29 is 10.2 Å². The van der Waals surface area contributed by atoms with Gasteiger partial charge in [-0.1, -0.05) is 6.07 Å². The highest BCUT2D eigenvalue weighted by molar-refractivity contribution is 5.41. The summed E-state index contributed by atoms with van der Waals surface area (Å²) in [4.78, 5) is 0. The van der Waals surface area contributed by atoms with E-state index in [4.69, 9.17) is 15.9 Å². The molecule has 0 radical (unpaired) electrons. The number of phenolic OH excluding ortho intramolecular Hbond substituents is 2. The highest BCUT2D eigenvalue weighted by Gasteiger charge is 2.02. The first kappa shape index (κ1) is 7.88. The van der Waals surface area contributed by atoms with Crippen LogP contribution in [0, 0.1) is 0 Å². The summed E-state index contributed by atoms with van der Waals surface area (Å²) in [5.74, 6) is -0.241. The molecule has 1 aromatic rings. The van der Waals surface area contributed by atoms with Gasteiger partial charge in [0.05, 0.1) is 0 Å². The molecule has 0 amide bonds. The fourth-order valence-corrected chi connectivity index (χ4v) is 0.824. The molecule has 0 aliphatic heterocycles. The Kier molecular flexibility index (Phi) is 2.01. The Balaban J connectivity index is 3.05. The zero-order chi connectivity index (χ0) is 8.43. The minimum atomic E-state index is -0.125. The van der Waals surface area contributed by atoms with E-state index in [-0.39, 0.29) is 17.5 Å². The van der Waals surface area contributed by atoms with Crippen LogP contribution >= 0.6 is 0 Å². The van der Waals surface area contributed by atoms with Crippen LogP contribution in [-0.2, 0) is 0 Å². The lowest BCUT2D eigenvalue weighted by atomic mass is 10.1. The van der Waals surface area contributed by atoms with Crippen LogP contribution in [0.1, 0.15) is 18.5 Å². The molecule has 3 nitrogen and oxygen atoms in total. The average molecular weight is 153 g/mol. The Labute approximate surface area is 65.1 Å². The number of rotatable bonds is 1. The van der Waals surface area contributed by atoms with Gasteiger partial charge in [-0.2, -0.15) is 0 Å². The van der Waals surface area contributed by atoms with Crippen LogP contribution in [-0.4, -0.2) is 10.2 Å². The average Bonchev–Trinajstić information content (AvgIpc) is 1.94. The molecule has 0 bridgehead atoms. The predicted molar refractivity (Wildman–Crippen MR) is 42.4 cm³/mol. The number of nitrogens with two attached hydrogens (primary N) is 1. The summed E-state index contributed by atoms with van der Waals surface area (Å²) in [5.41, 5.74) is 6.35. The van der Waals surface area contributed by atoms with Crippen molar-refractivity contribution in [3.05, 3.63) is 23.8 Å². The molecule has 0 fully saturated rings. The molecule has 0 saturated carbocycles. The van der Waals surface area contributed by atoms with Crippen molar-refractivity contribution in [3.8, 4) is 11.5 Å². The van der Waals surface area contributed by atoms with Crippen molar-refractivity contribution in [1.29, 1.82) is 0 Å². The molecule has 0 saturated heterocycles. The summed E-state index contributed by atoms with van der Waals surface area (Å²) in [6, 6.07) is 4.44. The van der Waals surface area contributed by atoms with Gasteiger partial charge in [0.2, 0.25) is 0 Å². The van der Waals surface area contributed by atoms with Gasteiger partial charge in [-0.05, 0) is 24.6 Å². The van der Waals surface area contributed by atoms with Gasteiger partial charge in [0.1, 0.15) is 0 Å². The second-order valence-corrected chi connectivity index (χ2v) is 2.54. The fourth-order valence-electron chi connectivity index (χ4n) is 0.824. The van der Waals surface area contributed by atoms with Gasteiger partial charge >= 0.3 is 0 Å². The Morgan fingerprint density at radius 1 is 1.27 bits per heavy atom. The molecule has 60 valence electrons. The zero-order valence-electron chi connectivity index (χ0n) is 6.28. The predicted octanol–water partition coefficient (Wildman–Crippen LogP) is 1.12. The van der Waals surface area contributed by atoms with Crippen molar-refractivity contribution in [1.82, 2.24) is 0 Å². The van der Waals surface area contributed by atoms with Crippen LogP contribution < -0.4 is 5.73 Å². The molecule has 3 heteroatoms. The maximum Gasteiger partial charge on any atom is 0.157 e. The molecule has 11 heavy (non-hydrogen) atoms. The number of phenols is 2. The van der Waals surface area contributed by atoms with Crippen LogP contribution in [0.5, 0.6) is 11.5 Å². The first-order valence-electron chi connectivity index (χ1n) is 3.38. The van der Waals surface area contributed by atoms with Crippen molar-refractivity contribution in [2.45, 2.75) is 13.0 Å². The molecule has 1 aromatic carbocycles. The molecule has 0 spiro atoms. The number of hydrogen-bond acceptors (Lipinski definition) is 3. The maximum atomic E-state index is 9.04. The van der Waals surface area contributed by atoms with E-state index in [2.05, 4.69) is 0 Å². The van der Waals surface area contributed by atoms with E-state index in [0.29, 0.717) is 0 Å². The molecule has 1 atom stereocenters. The van der Waals surface area contributed by atoms with E-state index in [1.807, 2.05) is 6.92 Å². The summed E-state index contributed by atoms with van der Waals surface area (Å²) < 4.78 is 0. The first-order valence-corrected chi connectivity index (χ1v) is 3.38. The lowest BCUT2D eigenvalue weighted by molar-refractivity contribution is 0.403. The van der Waals surface area contributed by atoms with E-state index >= 15 is 0 Å². The molecule has 0 aromatic heterocycles. The van der Waals surface area contributed by atoms with Crippen molar-refractivity contribution in [2.24, 2.45) is 5.73 Å². The standard InChI is InChI=1S/C8H11NO2/c1-5(9)6-2-3-7(10)8(11)4-6/h2-5,10-11H,9H2,1H3/t5-/m0/s1. The summed E-state index contributed by atoms with van der Waals surface area (Å²) >= 11 is 0. The molecule has 0 heterocycles. The maximum absolute atomic E-state index is 9.04. The van der Waals surface area contributed by atoms with Crippen molar-refractivity contribution in [2.75, 3.05) is 0 Å². The van der Waals surface area contributed by atoms with Crippen LogP contribution in [0.15, 0.2) is 18.2 Å². The van der Waals surface area contributed by atoms with Gasteiger partial charge in [0.25, 0.3) is 0 Å². The van der Waals surface area contributed by atoms with Gasteiger partial charge in [-0.25, -0.2) is 0 Å². The largest absolute Gasteiger partial charge is 0.504 e. The summed E-state index contributed by atoms with van der Waals surface area (Å²) in [6.45, 7) is 1.81. The number of hydrogen-bond donors (Lipinski definition) is 3. The zero-order valence-corrected chi connectivity index (χ0v) is 6.28. The van der Waals surface area contributed by atoms with Crippen LogP contribution in [0.3, 0.4) is 0 Å². The number of benzene rings is 1. The third-order valence-corrected chi connectivity index (χ3v) is 1.53. The molecular formula is C8H11NO2. The highest BCUT2D eigenvalue weighted by Crippen LogP contribution is 2.26. The lowest BCUT2D eigenvalue weighted by Gasteiger charge is -2.05. The van der Waals surface area contributed by atoms with Gasteiger partial charge in [-0.15, -0.1) is 0 Å². The summed E-state index contributed by atoms with van der Waals surface area (Å²) in [7, 11) is 0. The van der Waals surface area contributed by atoms with E-state index in [1.165, 1.54) is 12.1 Å². The molecular weight excluding hydrogens is 142 g/mol. The molecule has 4 N–H and O–H groups in total. The van der Waals surface area contributed by atoms with Gasteiger partial charge in [0, 0.05) is 6.04 Å². The Morgan fingerprint density at radius 2 is 1.91 bits per heavy atom. The minimum absolute atomic E-state index is 0.116. The topological polar surface area (TPSA) is 66.5 Å². The van der Waals surface area contributed by atoms with Gasteiger partial charge in [-0.3, -0.25) is 0 Å². The molecule has 0 unspecified atom stereocenters. The normalized spacial score (nSPS) is 12.9. The van der Waals surface area contributed by atoms with Gasteiger partial charge < -0.3 is 15.9 Å². The van der Waals surface area contributed by atoms with Crippen molar-refractivity contribution >= 4 is 0 Å². The first-order chi connectivity index (χ1) is 5.11. The molecule has 0 aliphatic carbocycles.